The number of hydrogen-bond acceptors (Lipinski definition) is 0. The Kier molecular flexibility index (Phi) is 10.2. The number of aryl methyl sites for hydroxylation is 3. The largest absolute Gasteiger partial charge is 0.205 e. The summed E-state index contributed by atoms with van der Waals surface area (Å²) >= 11 is 0. The smallest absolute Gasteiger partial charge is 0.172 e. The molecule has 0 N–H and O–H groups in total. The normalized spacial score (nSPS) is 11.0. The van der Waals surface area contributed by atoms with Crippen molar-refractivity contribution in [1.82, 2.24) is 0 Å². The third-order valence-corrected chi connectivity index (χ3v) is 4.48. The van der Waals surface area contributed by atoms with Crippen molar-refractivity contribution in [2.75, 3.05) is 0 Å². The van der Waals surface area contributed by atoms with Crippen molar-refractivity contribution >= 4 is 0 Å². The molecular weight excluding hydrogens is 254 g/mol. The monoisotopic (exact) mass is 290 g/mol. The Bertz CT molecular complexity index is 370. The molecule has 0 aliphatic carbocycles. The lowest BCUT2D eigenvalue weighted by Gasteiger charge is -2.05. The predicted octanol–water partition coefficient (Wildman–Crippen LogP) is 5.63. The van der Waals surface area contributed by atoms with Crippen molar-refractivity contribution < 1.29 is 4.57 Å². The fourth-order valence-corrected chi connectivity index (χ4v) is 3.03. The highest BCUT2D eigenvalue weighted by molar-refractivity contribution is 5.20. The van der Waals surface area contributed by atoms with E-state index < -0.39 is 0 Å². The van der Waals surface area contributed by atoms with E-state index in [9.17, 15) is 0 Å². The molecule has 0 unspecified atom stereocenters. The molecule has 1 nitrogen and oxygen atoms in total. The van der Waals surface area contributed by atoms with Gasteiger partial charge in [-0.2, -0.15) is 0 Å². The molecule has 0 bridgehead atoms. The summed E-state index contributed by atoms with van der Waals surface area (Å²) < 4.78 is 2.39. The molecule has 0 spiro atoms. The van der Waals surface area contributed by atoms with Crippen LogP contribution in [0.2, 0.25) is 0 Å². The van der Waals surface area contributed by atoms with Crippen LogP contribution >= 0.6 is 0 Å². The molecule has 0 fully saturated rings. The van der Waals surface area contributed by atoms with Gasteiger partial charge in [0.15, 0.2) is 12.4 Å². The first-order valence-electron chi connectivity index (χ1n) is 9.32. The minimum absolute atomic E-state index is 1.15. The quantitative estimate of drug-likeness (QED) is 0.347. The second-order valence-corrected chi connectivity index (χ2v) is 6.27. The first kappa shape index (κ1) is 18.2. The zero-order valence-electron chi connectivity index (χ0n) is 14.7. The van der Waals surface area contributed by atoms with Gasteiger partial charge in [-0.15, -0.1) is 0 Å². The van der Waals surface area contributed by atoms with Crippen molar-refractivity contribution in [2.24, 2.45) is 0 Å². The van der Waals surface area contributed by atoms with Crippen LogP contribution in [0.25, 0.3) is 0 Å². The Morgan fingerprint density at radius 2 is 1.29 bits per heavy atom. The van der Waals surface area contributed by atoms with Crippen molar-refractivity contribution in [3.05, 3.63) is 29.6 Å². The molecule has 1 aromatic heterocycles. The number of pyridine rings is 1. The van der Waals surface area contributed by atoms with Crippen LogP contribution in [0.4, 0.5) is 0 Å². The summed E-state index contributed by atoms with van der Waals surface area (Å²) in [5, 5.41) is 0. The first-order valence-corrected chi connectivity index (χ1v) is 9.32. The zero-order valence-corrected chi connectivity index (χ0v) is 14.7. The second-order valence-electron chi connectivity index (χ2n) is 6.27. The fraction of sp³-hybridized carbons (Fsp3) is 0.750. The average molecular weight is 291 g/mol. The topological polar surface area (TPSA) is 3.88 Å². The summed E-state index contributed by atoms with van der Waals surface area (Å²) in [4.78, 5) is 0. The highest BCUT2D eigenvalue weighted by atomic mass is 14.9. The molecule has 0 atom stereocenters. The molecule has 0 aliphatic heterocycles. The molecule has 0 aliphatic rings. The van der Waals surface area contributed by atoms with E-state index in [2.05, 4.69) is 43.8 Å². The number of rotatable bonds is 12. The molecule has 1 aromatic rings. The third kappa shape index (κ3) is 7.64. The van der Waals surface area contributed by atoms with Gasteiger partial charge in [-0.3, -0.25) is 0 Å². The molecule has 0 amide bonds. The van der Waals surface area contributed by atoms with Crippen LogP contribution in [-0.2, 0) is 19.4 Å². The summed E-state index contributed by atoms with van der Waals surface area (Å²) in [5.74, 6) is 0. The maximum Gasteiger partial charge on any atom is 0.172 e. The zero-order chi connectivity index (χ0) is 15.3. The van der Waals surface area contributed by atoms with Crippen LogP contribution in [0.1, 0.15) is 89.7 Å². The molecule has 1 rings (SSSR count). The summed E-state index contributed by atoms with van der Waals surface area (Å²) in [6.45, 7) is 7.98. The molecule has 120 valence electrons. The molecular formula is C20H36N+. The minimum atomic E-state index is 1.15. The predicted molar refractivity (Wildman–Crippen MR) is 92.6 cm³/mol. The lowest BCUT2D eigenvalue weighted by atomic mass is 10.1. The summed E-state index contributed by atoms with van der Waals surface area (Å²) in [7, 11) is 0. The molecule has 0 aromatic carbocycles. The van der Waals surface area contributed by atoms with Crippen LogP contribution in [0, 0.1) is 0 Å². The van der Waals surface area contributed by atoms with E-state index in [0.29, 0.717) is 0 Å². The number of hydrogen-bond donors (Lipinski definition) is 0. The van der Waals surface area contributed by atoms with Gasteiger partial charge >= 0.3 is 0 Å². The summed E-state index contributed by atoms with van der Waals surface area (Å²) in [5.41, 5.74) is 3.04. The van der Waals surface area contributed by atoms with Crippen LogP contribution in [0.3, 0.4) is 0 Å². The van der Waals surface area contributed by atoms with Gasteiger partial charge in [0.1, 0.15) is 6.54 Å². The van der Waals surface area contributed by atoms with Gasteiger partial charge in [0.25, 0.3) is 0 Å². The Balaban J connectivity index is 2.12. The fourth-order valence-electron chi connectivity index (χ4n) is 3.03. The molecule has 0 saturated heterocycles. The Labute approximate surface area is 132 Å². The van der Waals surface area contributed by atoms with Crippen LogP contribution < -0.4 is 4.57 Å². The van der Waals surface area contributed by atoms with Gasteiger partial charge in [-0.1, -0.05) is 65.7 Å². The number of unbranched alkanes of at least 4 members (excludes halogenated alkanes) is 8. The average Bonchev–Trinajstić information content (AvgIpc) is 2.53. The SMILES string of the molecule is CCCCCCCCCCC[n+]1ccc(CC)c(CC)c1. The van der Waals surface area contributed by atoms with Crippen molar-refractivity contribution in [3.63, 3.8) is 0 Å². The van der Waals surface area contributed by atoms with E-state index in [-0.39, 0.29) is 0 Å². The van der Waals surface area contributed by atoms with Crippen molar-refractivity contribution in [2.45, 2.75) is 97.9 Å². The van der Waals surface area contributed by atoms with E-state index in [4.69, 9.17) is 0 Å². The molecule has 0 radical (unpaired) electrons. The maximum absolute atomic E-state index is 2.39. The molecule has 1 heteroatoms. The van der Waals surface area contributed by atoms with Crippen LogP contribution in [-0.4, -0.2) is 0 Å². The van der Waals surface area contributed by atoms with Crippen molar-refractivity contribution in [3.8, 4) is 0 Å². The second kappa shape index (κ2) is 11.8. The standard InChI is InChI=1S/C20H36N/c1-4-7-8-9-10-11-12-13-14-16-21-17-15-19(5-2)20(6-3)18-21/h15,17-18H,4-14,16H2,1-3H3/q+1. The molecule has 0 saturated carbocycles. The van der Waals surface area contributed by atoms with Crippen molar-refractivity contribution in [1.29, 1.82) is 0 Å². The van der Waals surface area contributed by atoms with Crippen LogP contribution in [0.15, 0.2) is 18.5 Å². The van der Waals surface area contributed by atoms with E-state index >= 15 is 0 Å². The first-order chi connectivity index (χ1) is 10.3. The van der Waals surface area contributed by atoms with E-state index in [1.807, 2.05) is 0 Å². The van der Waals surface area contributed by atoms with Crippen LogP contribution in [0.5, 0.6) is 0 Å². The van der Waals surface area contributed by atoms with Gasteiger partial charge in [0.05, 0.1) is 0 Å². The number of nitrogens with zero attached hydrogens (tertiary/aromatic N) is 1. The van der Waals surface area contributed by atoms with E-state index in [1.54, 1.807) is 0 Å². The Morgan fingerprint density at radius 3 is 1.86 bits per heavy atom. The van der Waals surface area contributed by atoms with Gasteiger partial charge in [0.2, 0.25) is 0 Å². The molecule has 21 heavy (non-hydrogen) atoms. The molecule has 1 heterocycles. The van der Waals surface area contributed by atoms with E-state index in [0.717, 1.165) is 12.8 Å². The maximum atomic E-state index is 2.39. The van der Waals surface area contributed by atoms with Gasteiger partial charge in [-0.25, -0.2) is 4.57 Å². The summed E-state index contributed by atoms with van der Waals surface area (Å²) in [6.07, 6.45) is 19.6. The Morgan fingerprint density at radius 1 is 0.714 bits per heavy atom. The van der Waals surface area contributed by atoms with Gasteiger partial charge < -0.3 is 0 Å². The summed E-state index contributed by atoms with van der Waals surface area (Å²) in [6, 6.07) is 2.31. The Hall–Kier alpha value is -0.850. The lowest BCUT2D eigenvalue weighted by Crippen LogP contribution is -2.33. The highest BCUT2D eigenvalue weighted by Gasteiger charge is 2.06. The van der Waals surface area contributed by atoms with Gasteiger partial charge in [-0.05, 0) is 24.8 Å². The number of aromatic nitrogens is 1. The third-order valence-electron chi connectivity index (χ3n) is 4.48. The van der Waals surface area contributed by atoms with E-state index in [1.165, 1.54) is 75.5 Å². The lowest BCUT2D eigenvalue weighted by molar-refractivity contribution is -0.697. The highest BCUT2D eigenvalue weighted by Crippen LogP contribution is 2.10. The van der Waals surface area contributed by atoms with Gasteiger partial charge in [0, 0.05) is 18.1 Å². The minimum Gasteiger partial charge on any atom is -0.205 e.